The maximum atomic E-state index is 12.4. The number of hydrogen-bond donors (Lipinski definition) is 1. The van der Waals surface area contributed by atoms with Crippen LogP contribution >= 0.6 is 39.0 Å². The summed E-state index contributed by atoms with van der Waals surface area (Å²) in [6.45, 7) is 0.617. The SMILES string of the molecule is O=C(Nc1ccccc1Sc1nc(Br)nn1Cc1ccccc1)c1cccs1. The summed E-state index contributed by atoms with van der Waals surface area (Å²) >= 11 is 6.25. The van der Waals surface area contributed by atoms with E-state index in [-0.39, 0.29) is 5.91 Å². The number of carbonyl (C=O) groups is 1. The van der Waals surface area contributed by atoms with Gasteiger partial charge in [0.05, 0.1) is 17.1 Å². The van der Waals surface area contributed by atoms with E-state index in [2.05, 4.69) is 43.5 Å². The Hall–Kier alpha value is -2.42. The van der Waals surface area contributed by atoms with Crippen molar-refractivity contribution in [2.24, 2.45) is 0 Å². The van der Waals surface area contributed by atoms with Crippen LogP contribution in [0.5, 0.6) is 0 Å². The number of benzene rings is 2. The molecule has 2 aromatic heterocycles. The van der Waals surface area contributed by atoms with Gasteiger partial charge in [0.25, 0.3) is 5.91 Å². The average molecular weight is 471 g/mol. The summed E-state index contributed by atoms with van der Waals surface area (Å²) in [5.74, 6) is -0.116. The molecule has 2 aromatic carbocycles. The Bertz CT molecular complexity index is 1080. The van der Waals surface area contributed by atoms with Crippen molar-refractivity contribution in [3.8, 4) is 0 Å². The Morgan fingerprint density at radius 3 is 2.64 bits per heavy atom. The summed E-state index contributed by atoms with van der Waals surface area (Å²) in [4.78, 5) is 18.5. The van der Waals surface area contributed by atoms with Crippen LogP contribution in [-0.4, -0.2) is 20.7 Å². The second-order valence-electron chi connectivity index (χ2n) is 5.84. The lowest BCUT2D eigenvalue weighted by molar-refractivity contribution is 0.103. The molecule has 0 unspecified atom stereocenters. The number of nitrogens with zero attached hydrogens (tertiary/aromatic N) is 3. The highest BCUT2D eigenvalue weighted by Gasteiger charge is 2.15. The first-order valence-corrected chi connectivity index (χ1v) is 10.9. The molecule has 0 saturated heterocycles. The highest BCUT2D eigenvalue weighted by molar-refractivity contribution is 9.10. The highest BCUT2D eigenvalue weighted by atomic mass is 79.9. The first-order chi connectivity index (χ1) is 13.7. The molecule has 2 heterocycles. The number of carbonyl (C=O) groups excluding carboxylic acids is 1. The summed E-state index contributed by atoms with van der Waals surface area (Å²) in [6, 6.07) is 21.5. The minimum Gasteiger partial charge on any atom is -0.320 e. The predicted molar refractivity (Wildman–Crippen MR) is 116 cm³/mol. The van der Waals surface area contributed by atoms with Crippen molar-refractivity contribution in [3.05, 3.63) is 87.3 Å². The zero-order valence-electron chi connectivity index (χ0n) is 14.6. The fourth-order valence-corrected chi connectivity index (χ4v) is 4.60. The molecular weight excluding hydrogens is 456 g/mol. The van der Waals surface area contributed by atoms with E-state index in [1.165, 1.54) is 23.1 Å². The molecular formula is C20H15BrN4OS2. The molecule has 0 aliphatic rings. The molecule has 4 rings (SSSR count). The molecule has 1 N–H and O–H groups in total. The number of nitrogens with one attached hydrogen (secondary N) is 1. The fraction of sp³-hybridized carbons (Fsp3) is 0.0500. The van der Waals surface area contributed by atoms with Crippen LogP contribution in [-0.2, 0) is 6.54 Å². The van der Waals surface area contributed by atoms with Gasteiger partial charge >= 0.3 is 0 Å². The van der Waals surface area contributed by atoms with Crippen molar-refractivity contribution in [3.63, 3.8) is 0 Å². The maximum Gasteiger partial charge on any atom is 0.265 e. The molecule has 0 saturated carbocycles. The van der Waals surface area contributed by atoms with Crippen molar-refractivity contribution in [2.75, 3.05) is 5.32 Å². The van der Waals surface area contributed by atoms with Gasteiger partial charge in [-0.3, -0.25) is 4.79 Å². The first-order valence-electron chi connectivity index (χ1n) is 8.45. The van der Waals surface area contributed by atoms with Gasteiger partial charge in [-0.1, -0.05) is 48.5 Å². The Kier molecular flexibility index (Phi) is 5.90. The molecule has 8 heteroatoms. The molecule has 0 radical (unpaired) electrons. The third kappa shape index (κ3) is 4.52. The van der Waals surface area contributed by atoms with E-state index in [0.717, 1.165) is 21.3 Å². The molecule has 4 aromatic rings. The van der Waals surface area contributed by atoms with E-state index in [0.29, 0.717) is 16.2 Å². The lowest BCUT2D eigenvalue weighted by Gasteiger charge is -2.10. The number of rotatable bonds is 6. The Morgan fingerprint density at radius 2 is 1.86 bits per heavy atom. The van der Waals surface area contributed by atoms with E-state index < -0.39 is 0 Å². The summed E-state index contributed by atoms with van der Waals surface area (Å²) in [5, 5.41) is 10.1. The standard InChI is InChI=1S/C20H15BrN4OS2/c21-19-23-20(25(24-19)13-14-7-2-1-3-8-14)28-16-10-5-4-9-15(16)22-18(26)17-11-6-12-27-17/h1-12H,13H2,(H,22,26). The van der Waals surface area contributed by atoms with Crippen molar-refractivity contribution in [1.29, 1.82) is 0 Å². The van der Waals surface area contributed by atoms with Crippen LogP contribution in [0, 0.1) is 0 Å². The van der Waals surface area contributed by atoms with E-state index in [1.54, 1.807) is 0 Å². The van der Waals surface area contributed by atoms with Gasteiger partial charge in [0.1, 0.15) is 0 Å². The molecule has 1 amide bonds. The quantitative estimate of drug-likeness (QED) is 0.400. The maximum absolute atomic E-state index is 12.4. The Balaban J connectivity index is 1.57. The molecule has 140 valence electrons. The third-order valence-electron chi connectivity index (χ3n) is 3.87. The molecule has 0 spiro atoms. The Labute approximate surface area is 179 Å². The monoisotopic (exact) mass is 470 g/mol. The van der Waals surface area contributed by atoms with Crippen molar-refractivity contribution in [1.82, 2.24) is 14.8 Å². The zero-order valence-corrected chi connectivity index (χ0v) is 17.8. The van der Waals surface area contributed by atoms with Crippen molar-refractivity contribution in [2.45, 2.75) is 16.6 Å². The van der Waals surface area contributed by atoms with Crippen LogP contribution in [0.15, 0.2) is 86.9 Å². The summed E-state index contributed by atoms with van der Waals surface area (Å²) in [6.07, 6.45) is 0. The number of hydrogen-bond acceptors (Lipinski definition) is 5. The zero-order chi connectivity index (χ0) is 19.3. The average Bonchev–Trinajstić information content (AvgIpc) is 3.35. The second-order valence-corrected chi connectivity index (χ2v) is 8.50. The number of aromatic nitrogens is 3. The van der Waals surface area contributed by atoms with Gasteiger partial charge in [-0.05, 0) is 56.8 Å². The van der Waals surface area contributed by atoms with Crippen LogP contribution in [0.2, 0.25) is 0 Å². The van der Waals surface area contributed by atoms with Crippen LogP contribution < -0.4 is 5.32 Å². The smallest absolute Gasteiger partial charge is 0.265 e. The predicted octanol–water partition coefficient (Wildman–Crippen LogP) is 5.55. The summed E-state index contributed by atoms with van der Waals surface area (Å²) < 4.78 is 2.38. The lowest BCUT2D eigenvalue weighted by Crippen LogP contribution is -2.11. The van der Waals surface area contributed by atoms with Gasteiger partial charge in [-0.2, -0.15) is 4.98 Å². The van der Waals surface area contributed by atoms with Gasteiger partial charge < -0.3 is 5.32 Å². The van der Waals surface area contributed by atoms with Crippen molar-refractivity contribution >= 4 is 50.6 Å². The molecule has 0 atom stereocenters. The number of anilines is 1. The number of amides is 1. The topological polar surface area (TPSA) is 59.8 Å². The third-order valence-corrected chi connectivity index (χ3v) is 6.13. The number of para-hydroxylation sites is 1. The fourth-order valence-electron chi connectivity index (χ4n) is 2.59. The van der Waals surface area contributed by atoms with Gasteiger partial charge in [-0.25, -0.2) is 4.68 Å². The van der Waals surface area contributed by atoms with Crippen LogP contribution in [0.25, 0.3) is 0 Å². The van der Waals surface area contributed by atoms with E-state index in [1.807, 2.05) is 64.7 Å². The largest absolute Gasteiger partial charge is 0.320 e. The molecule has 28 heavy (non-hydrogen) atoms. The second kappa shape index (κ2) is 8.72. The summed E-state index contributed by atoms with van der Waals surface area (Å²) in [7, 11) is 0. The van der Waals surface area contributed by atoms with E-state index >= 15 is 0 Å². The number of halogens is 1. The number of thiophene rings is 1. The molecule has 0 fully saturated rings. The van der Waals surface area contributed by atoms with E-state index in [4.69, 9.17) is 0 Å². The van der Waals surface area contributed by atoms with Gasteiger partial charge in [0.15, 0.2) is 5.16 Å². The molecule has 0 bridgehead atoms. The molecule has 5 nitrogen and oxygen atoms in total. The molecule has 0 aliphatic heterocycles. The van der Waals surface area contributed by atoms with Gasteiger partial charge in [0.2, 0.25) is 4.73 Å². The lowest BCUT2D eigenvalue weighted by atomic mass is 10.2. The minimum absolute atomic E-state index is 0.116. The highest BCUT2D eigenvalue weighted by Crippen LogP contribution is 2.33. The normalized spacial score (nSPS) is 10.8. The first kappa shape index (κ1) is 18.9. The summed E-state index contributed by atoms with van der Waals surface area (Å²) in [5.41, 5.74) is 1.89. The van der Waals surface area contributed by atoms with Gasteiger partial charge in [0, 0.05) is 4.90 Å². The Morgan fingerprint density at radius 1 is 1.07 bits per heavy atom. The van der Waals surface area contributed by atoms with Crippen LogP contribution in [0.1, 0.15) is 15.2 Å². The van der Waals surface area contributed by atoms with E-state index in [9.17, 15) is 4.79 Å². The van der Waals surface area contributed by atoms with Crippen LogP contribution in [0.4, 0.5) is 5.69 Å². The minimum atomic E-state index is -0.116. The van der Waals surface area contributed by atoms with Crippen molar-refractivity contribution < 1.29 is 4.79 Å². The van der Waals surface area contributed by atoms with Gasteiger partial charge in [-0.15, -0.1) is 16.4 Å². The van der Waals surface area contributed by atoms with Crippen LogP contribution in [0.3, 0.4) is 0 Å². The molecule has 0 aliphatic carbocycles.